The summed E-state index contributed by atoms with van der Waals surface area (Å²) in [6.07, 6.45) is 6.90. The van der Waals surface area contributed by atoms with Crippen molar-refractivity contribution in [3.05, 3.63) is 34.4 Å². The standard InChI is InChI=1S/C18H24O5S/c1-18-9-8-14-13-5-3-12(21-24-23-22-20)10-11(13)2-4-15(14)16(18)6-7-17(18)19/h2,4,12,16-17,19-20H,3,5-10H2,1H3/t12-,16?,17+,18?/m0/s1. The second-order valence-electron chi connectivity index (χ2n) is 7.59. The van der Waals surface area contributed by atoms with E-state index in [1.165, 1.54) is 22.3 Å². The maximum absolute atomic E-state index is 10.4. The average Bonchev–Trinajstić information content (AvgIpc) is 2.90. The summed E-state index contributed by atoms with van der Waals surface area (Å²) in [5.74, 6) is 0.501. The number of aliphatic hydroxyl groups excluding tert-OH is 1. The topological polar surface area (TPSA) is 68.2 Å². The lowest BCUT2D eigenvalue weighted by Gasteiger charge is -2.41. The fourth-order valence-electron chi connectivity index (χ4n) is 5.16. The van der Waals surface area contributed by atoms with Crippen LogP contribution in [0.4, 0.5) is 0 Å². The van der Waals surface area contributed by atoms with E-state index < -0.39 is 0 Å². The minimum atomic E-state index is -0.157. The molecule has 0 saturated heterocycles. The van der Waals surface area contributed by atoms with E-state index in [0.717, 1.165) is 44.9 Å². The van der Waals surface area contributed by atoms with Crippen LogP contribution < -0.4 is 0 Å². The van der Waals surface area contributed by atoms with Gasteiger partial charge in [0.05, 0.1) is 12.2 Å². The molecule has 132 valence electrons. The Kier molecular flexibility index (Phi) is 4.62. The van der Waals surface area contributed by atoms with Gasteiger partial charge < -0.3 is 5.11 Å². The molecule has 0 bridgehead atoms. The van der Waals surface area contributed by atoms with Crippen LogP contribution in [0, 0.1) is 5.41 Å². The van der Waals surface area contributed by atoms with Gasteiger partial charge in [-0.1, -0.05) is 24.1 Å². The third-order valence-electron chi connectivity index (χ3n) is 6.54. The molecule has 2 N–H and O–H groups in total. The Bertz CT molecular complexity index is 622. The van der Waals surface area contributed by atoms with Gasteiger partial charge in [-0.3, -0.25) is 4.18 Å². The van der Waals surface area contributed by atoms with Crippen LogP contribution in [-0.4, -0.2) is 22.6 Å². The lowest BCUT2D eigenvalue weighted by molar-refractivity contribution is -0.434. The Hall–Kier alpha value is -0.630. The number of benzene rings is 1. The Morgan fingerprint density at radius 2 is 2.04 bits per heavy atom. The molecule has 6 heteroatoms. The zero-order valence-corrected chi connectivity index (χ0v) is 14.7. The van der Waals surface area contributed by atoms with Crippen LogP contribution in [0.25, 0.3) is 0 Å². The summed E-state index contributed by atoms with van der Waals surface area (Å²) in [5.41, 5.74) is 5.92. The van der Waals surface area contributed by atoms with Gasteiger partial charge in [-0.05, 0) is 66.7 Å². The van der Waals surface area contributed by atoms with Crippen molar-refractivity contribution in [1.82, 2.24) is 0 Å². The second-order valence-corrected chi connectivity index (χ2v) is 8.06. The van der Waals surface area contributed by atoms with E-state index in [0.29, 0.717) is 18.2 Å². The molecule has 1 aromatic carbocycles. The zero-order chi connectivity index (χ0) is 16.7. The number of rotatable bonds is 4. The fraction of sp³-hybridized carbons (Fsp3) is 0.667. The summed E-state index contributed by atoms with van der Waals surface area (Å²) >= 11 is 0.675. The summed E-state index contributed by atoms with van der Waals surface area (Å²) in [6, 6.07) is 4.53. The van der Waals surface area contributed by atoms with Crippen LogP contribution in [0.2, 0.25) is 0 Å². The maximum Gasteiger partial charge on any atom is 0.197 e. The predicted molar refractivity (Wildman–Crippen MR) is 90.1 cm³/mol. The van der Waals surface area contributed by atoms with Gasteiger partial charge in [0.1, 0.15) is 0 Å². The van der Waals surface area contributed by atoms with Gasteiger partial charge in [0.25, 0.3) is 0 Å². The van der Waals surface area contributed by atoms with Gasteiger partial charge in [0.2, 0.25) is 0 Å². The predicted octanol–water partition coefficient (Wildman–Crippen LogP) is 3.74. The van der Waals surface area contributed by atoms with Crippen molar-refractivity contribution in [2.75, 3.05) is 0 Å². The summed E-state index contributed by atoms with van der Waals surface area (Å²) in [4.78, 5) is 0. The molecular weight excluding hydrogens is 328 g/mol. The van der Waals surface area contributed by atoms with Crippen LogP contribution in [0.3, 0.4) is 0 Å². The zero-order valence-electron chi connectivity index (χ0n) is 13.9. The first-order valence-electron chi connectivity index (χ1n) is 8.75. The van der Waals surface area contributed by atoms with E-state index in [2.05, 4.69) is 28.4 Å². The van der Waals surface area contributed by atoms with Crippen molar-refractivity contribution in [2.45, 2.75) is 70.0 Å². The van der Waals surface area contributed by atoms with Gasteiger partial charge in [0, 0.05) is 11.8 Å². The molecule has 1 aromatic rings. The minimum Gasteiger partial charge on any atom is -0.393 e. The molecule has 0 aromatic heterocycles. The highest BCUT2D eigenvalue weighted by Crippen LogP contribution is 2.56. The third-order valence-corrected chi connectivity index (χ3v) is 7.00. The Balaban J connectivity index is 1.57. The summed E-state index contributed by atoms with van der Waals surface area (Å²) in [7, 11) is 0. The molecule has 2 unspecified atom stereocenters. The molecule has 4 atom stereocenters. The van der Waals surface area contributed by atoms with Crippen molar-refractivity contribution >= 4 is 12.3 Å². The van der Waals surface area contributed by atoms with Crippen LogP contribution in [0.1, 0.15) is 60.8 Å². The van der Waals surface area contributed by atoms with Gasteiger partial charge in [-0.2, -0.15) is 0 Å². The molecule has 0 spiro atoms. The molecule has 0 amide bonds. The van der Waals surface area contributed by atoms with E-state index in [1.54, 1.807) is 0 Å². The van der Waals surface area contributed by atoms with Gasteiger partial charge in [-0.15, -0.1) is 4.33 Å². The van der Waals surface area contributed by atoms with Gasteiger partial charge >= 0.3 is 0 Å². The number of hydrogen-bond acceptors (Lipinski definition) is 6. The second kappa shape index (κ2) is 6.59. The molecule has 0 heterocycles. The lowest BCUT2D eigenvalue weighted by Crippen LogP contribution is -2.36. The minimum absolute atomic E-state index is 0.0554. The van der Waals surface area contributed by atoms with Crippen molar-refractivity contribution in [3.63, 3.8) is 0 Å². The van der Waals surface area contributed by atoms with E-state index >= 15 is 0 Å². The lowest BCUT2D eigenvalue weighted by atomic mass is 9.64. The maximum atomic E-state index is 10.4. The Morgan fingerprint density at radius 1 is 1.17 bits per heavy atom. The smallest absolute Gasteiger partial charge is 0.197 e. The summed E-state index contributed by atoms with van der Waals surface area (Å²) < 4.78 is 9.81. The molecule has 24 heavy (non-hydrogen) atoms. The number of fused-ring (bicyclic) bond motifs is 5. The molecular formula is C18H24O5S. The fourth-order valence-corrected chi connectivity index (χ4v) is 5.50. The van der Waals surface area contributed by atoms with Crippen molar-refractivity contribution in [2.24, 2.45) is 5.41 Å². The highest BCUT2D eigenvalue weighted by atomic mass is 32.2. The molecule has 4 rings (SSSR count). The molecule has 1 saturated carbocycles. The largest absolute Gasteiger partial charge is 0.393 e. The Morgan fingerprint density at radius 3 is 2.88 bits per heavy atom. The molecule has 0 radical (unpaired) electrons. The normalized spacial score (nSPS) is 34.5. The summed E-state index contributed by atoms with van der Waals surface area (Å²) in [5, 5.41) is 22.1. The first-order valence-corrected chi connectivity index (χ1v) is 9.42. The van der Waals surface area contributed by atoms with E-state index in [1.807, 2.05) is 0 Å². The SMILES string of the molecule is CC12CCc3c(ccc4c3CC[C@H](OSOOO)C4)C1CC[C@H]2O. The van der Waals surface area contributed by atoms with Crippen molar-refractivity contribution in [3.8, 4) is 0 Å². The van der Waals surface area contributed by atoms with E-state index in [-0.39, 0.29) is 17.6 Å². The Labute approximate surface area is 146 Å². The first kappa shape index (κ1) is 16.8. The molecule has 3 aliphatic carbocycles. The first-order chi connectivity index (χ1) is 11.6. The molecule has 1 fully saturated rings. The average molecular weight is 352 g/mol. The van der Waals surface area contributed by atoms with Gasteiger partial charge in [0.15, 0.2) is 12.3 Å². The molecule has 5 nitrogen and oxygen atoms in total. The summed E-state index contributed by atoms with van der Waals surface area (Å²) in [6.45, 7) is 2.27. The van der Waals surface area contributed by atoms with Crippen LogP contribution >= 0.6 is 12.3 Å². The number of hydrogen-bond donors (Lipinski definition) is 2. The molecule has 3 aliphatic rings. The van der Waals surface area contributed by atoms with E-state index in [4.69, 9.17) is 9.44 Å². The van der Waals surface area contributed by atoms with Crippen LogP contribution in [0.15, 0.2) is 12.1 Å². The highest BCUT2D eigenvalue weighted by molar-refractivity contribution is 7.89. The van der Waals surface area contributed by atoms with Crippen molar-refractivity contribution < 1.29 is 23.9 Å². The van der Waals surface area contributed by atoms with Crippen LogP contribution in [0.5, 0.6) is 0 Å². The van der Waals surface area contributed by atoms with Gasteiger partial charge in [-0.25, -0.2) is 5.26 Å². The van der Waals surface area contributed by atoms with Crippen molar-refractivity contribution in [1.29, 1.82) is 0 Å². The number of aliphatic hydroxyl groups is 1. The van der Waals surface area contributed by atoms with Crippen LogP contribution in [-0.2, 0) is 32.8 Å². The molecule has 0 aliphatic heterocycles. The monoisotopic (exact) mass is 352 g/mol. The van der Waals surface area contributed by atoms with E-state index in [9.17, 15) is 5.11 Å². The quantitative estimate of drug-likeness (QED) is 0.372. The third kappa shape index (κ3) is 2.69. The highest BCUT2D eigenvalue weighted by Gasteiger charge is 2.49.